The Kier molecular flexibility index (Phi) is 5.64. The highest BCUT2D eigenvalue weighted by molar-refractivity contribution is 5.34. The fraction of sp³-hybridized carbons (Fsp3) is 0.462. The van der Waals surface area contributed by atoms with E-state index in [4.69, 9.17) is 10.00 Å². The van der Waals surface area contributed by atoms with Crippen LogP contribution >= 0.6 is 0 Å². The Labute approximate surface area is 110 Å². The van der Waals surface area contributed by atoms with E-state index < -0.39 is 12.7 Å². The second-order valence-corrected chi connectivity index (χ2v) is 4.19. The van der Waals surface area contributed by atoms with E-state index in [9.17, 15) is 13.2 Å². The van der Waals surface area contributed by atoms with Gasteiger partial charge in [0.25, 0.3) is 0 Å². The van der Waals surface area contributed by atoms with Gasteiger partial charge in [0.2, 0.25) is 0 Å². The Morgan fingerprint density at radius 2 is 1.89 bits per heavy atom. The molecule has 0 fully saturated rings. The highest BCUT2D eigenvalue weighted by atomic mass is 19.4. The van der Waals surface area contributed by atoms with Crippen LogP contribution in [-0.2, 0) is 0 Å². The first-order valence-corrected chi connectivity index (χ1v) is 5.79. The van der Waals surface area contributed by atoms with Gasteiger partial charge in [0.15, 0.2) is 0 Å². The van der Waals surface area contributed by atoms with Crippen molar-refractivity contribution in [3.05, 3.63) is 29.8 Å². The van der Waals surface area contributed by atoms with Crippen molar-refractivity contribution in [1.82, 2.24) is 4.90 Å². The van der Waals surface area contributed by atoms with Crippen molar-refractivity contribution in [2.45, 2.75) is 12.6 Å². The van der Waals surface area contributed by atoms with Crippen LogP contribution in [0.4, 0.5) is 13.2 Å². The molecule has 1 rings (SSSR count). The number of benzene rings is 1. The monoisotopic (exact) mass is 272 g/mol. The van der Waals surface area contributed by atoms with E-state index in [-0.39, 0.29) is 0 Å². The second-order valence-electron chi connectivity index (χ2n) is 4.19. The molecule has 0 saturated heterocycles. The van der Waals surface area contributed by atoms with Crippen LogP contribution in [0, 0.1) is 11.3 Å². The number of nitrogens with zero attached hydrogens (tertiary/aromatic N) is 2. The maximum absolute atomic E-state index is 12.1. The predicted octanol–water partition coefficient (Wildman–Crippen LogP) is 2.82. The molecule has 1 aromatic rings. The molecule has 6 heteroatoms. The Morgan fingerprint density at radius 1 is 1.26 bits per heavy atom. The molecule has 0 N–H and O–H groups in total. The first kappa shape index (κ1) is 15.3. The van der Waals surface area contributed by atoms with Crippen LogP contribution in [0.5, 0.6) is 5.75 Å². The van der Waals surface area contributed by atoms with Crippen molar-refractivity contribution in [3.8, 4) is 11.8 Å². The van der Waals surface area contributed by atoms with Gasteiger partial charge in [-0.05, 0) is 37.7 Å². The van der Waals surface area contributed by atoms with Crippen LogP contribution in [0.3, 0.4) is 0 Å². The molecule has 104 valence electrons. The molecule has 0 radical (unpaired) electrons. The smallest absolute Gasteiger partial charge is 0.401 e. The summed E-state index contributed by atoms with van der Waals surface area (Å²) < 4.78 is 41.5. The largest absolute Gasteiger partial charge is 0.494 e. The van der Waals surface area contributed by atoms with Gasteiger partial charge in [0, 0.05) is 6.54 Å². The zero-order valence-electron chi connectivity index (χ0n) is 10.6. The molecular weight excluding hydrogens is 257 g/mol. The van der Waals surface area contributed by atoms with Crippen molar-refractivity contribution in [3.63, 3.8) is 0 Å². The Bertz CT molecular complexity index is 423. The number of hydrogen-bond donors (Lipinski definition) is 0. The molecule has 0 amide bonds. The molecule has 0 heterocycles. The zero-order chi connectivity index (χ0) is 14.3. The molecule has 0 atom stereocenters. The van der Waals surface area contributed by atoms with Crippen LogP contribution < -0.4 is 4.74 Å². The van der Waals surface area contributed by atoms with Crippen LogP contribution in [0.15, 0.2) is 24.3 Å². The fourth-order valence-corrected chi connectivity index (χ4v) is 1.54. The normalized spacial score (nSPS) is 11.4. The molecule has 0 aromatic heterocycles. The quantitative estimate of drug-likeness (QED) is 0.747. The first-order valence-electron chi connectivity index (χ1n) is 5.79. The molecule has 0 aliphatic heterocycles. The summed E-state index contributed by atoms with van der Waals surface area (Å²) in [7, 11) is 1.43. The average Bonchev–Trinajstić information content (AvgIpc) is 2.33. The third-order valence-corrected chi connectivity index (χ3v) is 2.39. The Hall–Kier alpha value is -1.74. The summed E-state index contributed by atoms with van der Waals surface area (Å²) in [6.07, 6.45) is -3.66. The van der Waals surface area contributed by atoms with Gasteiger partial charge < -0.3 is 4.74 Å². The summed E-state index contributed by atoms with van der Waals surface area (Å²) in [5.74, 6) is 0.609. The van der Waals surface area contributed by atoms with Crippen molar-refractivity contribution in [1.29, 1.82) is 5.26 Å². The minimum atomic E-state index is -4.16. The van der Waals surface area contributed by atoms with Crippen molar-refractivity contribution in [2.75, 3.05) is 26.7 Å². The molecule has 0 spiro atoms. The maximum atomic E-state index is 12.1. The third-order valence-electron chi connectivity index (χ3n) is 2.39. The molecule has 1 aromatic carbocycles. The number of hydrogen-bond acceptors (Lipinski definition) is 3. The van der Waals surface area contributed by atoms with E-state index in [2.05, 4.69) is 0 Å². The minimum absolute atomic E-state index is 0.315. The van der Waals surface area contributed by atoms with Crippen LogP contribution in [-0.4, -0.2) is 37.8 Å². The molecule has 0 saturated carbocycles. The number of rotatable bonds is 6. The van der Waals surface area contributed by atoms with Gasteiger partial charge in [-0.25, -0.2) is 0 Å². The minimum Gasteiger partial charge on any atom is -0.494 e. The maximum Gasteiger partial charge on any atom is 0.401 e. The molecule has 0 aliphatic rings. The number of ether oxygens (including phenoxy) is 1. The van der Waals surface area contributed by atoms with Crippen molar-refractivity contribution >= 4 is 0 Å². The van der Waals surface area contributed by atoms with E-state index in [0.717, 1.165) is 0 Å². The van der Waals surface area contributed by atoms with Crippen molar-refractivity contribution in [2.24, 2.45) is 0 Å². The molecule has 0 bridgehead atoms. The molecule has 0 aliphatic carbocycles. The van der Waals surface area contributed by atoms with Gasteiger partial charge in [-0.15, -0.1) is 0 Å². The zero-order valence-corrected chi connectivity index (χ0v) is 10.6. The Morgan fingerprint density at radius 3 is 2.42 bits per heavy atom. The van der Waals surface area contributed by atoms with Gasteiger partial charge in [-0.2, -0.15) is 18.4 Å². The van der Waals surface area contributed by atoms with E-state index in [1.54, 1.807) is 24.3 Å². The summed E-state index contributed by atoms with van der Waals surface area (Å²) in [5.41, 5.74) is 0.539. The first-order chi connectivity index (χ1) is 8.90. The van der Waals surface area contributed by atoms with E-state index >= 15 is 0 Å². The van der Waals surface area contributed by atoms with Crippen LogP contribution in [0.2, 0.25) is 0 Å². The lowest BCUT2D eigenvalue weighted by Crippen LogP contribution is -2.32. The molecule has 0 unspecified atom stereocenters. The van der Waals surface area contributed by atoms with Gasteiger partial charge in [0.1, 0.15) is 5.75 Å². The van der Waals surface area contributed by atoms with Gasteiger partial charge in [-0.3, -0.25) is 4.90 Å². The second kappa shape index (κ2) is 7.00. The number of nitriles is 1. The van der Waals surface area contributed by atoms with E-state index in [0.29, 0.717) is 30.9 Å². The molecule has 3 nitrogen and oxygen atoms in total. The van der Waals surface area contributed by atoms with Crippen LogP contribution in [0.25, 0.3) is 0 Å². The summed E-state index contributed by atoms with van der Waals surface area (Å²) in [5, 5.41) is 8.61. The van der Waals surface area contributed by atoms with Gasteiger partial charge in [0.05, 0.1) is 24.8 Å². The standard InChI is InChI=1S/C13H15F3N2O/c1-18(10-13(14,15)16)7-2-8-19-12-5-3-11(9-17)4-6-12/h3-6H,2,7-8,10H2,1H3. The van der Waals surface area contributed by atoms with Gasteiger partial charge in [-0.1, -0.05) is 0 Å². The van der Waals surface area contributed by atoms with E-state index in [1.165, 1.54) is 11.9 Å². The van der Waals surface area contributed by atoms with Crippen LogP contribution in [0.1, 0.15) is 12.0 Å². The summed E-state index contributed by atoms with van der Waals surface area (Å²) in [6.45, 7) is -0.256. The summed E-state index contributed by atoms with van der Waals surface area (Å²) in [4.78, 5) is 1.21. The lowest BCUT2D eigenvalue weighted by molar-refractivity contribution is -0.143. The SMILES string of the molecule is CN(CCCOc1ccc(C#N)cc1)CC(F)(F)F. The lowest BCUT2D eigenvalue weighted by Gasteiger charge is -2.18. The highest BCUT2D eigenvalue weighted by Gasteiger charge is 2.28. The predicted molar refractivity (Wildman–Crippen MR) is 64.8 cm³/mol. The van der Waals surface area contributed by atoms with E-state index in [1.807, 2.05) is 6.07 Å². The fourth-order valence-electron chi connectivity index (χ4n) is 1.54. The van der Waals surface area contributed by atoms with Crippen molar-refractivity contribution < 1.29 is 17.9 Å². The Balaban J connectivity index is 2.22. The molecular formula is C13H15F3N2O. The summed E-state index contributed by atoms with van der Waals surface area (Å²) in [6, 6.07) is 8.58. The number of halogens is 3. The highest BCUT2D eigenvalue weighted by Crippen LogP contribution is 2.16. The average molecular weight is 272 g/mol. The van der Waals surface area contributed by atoms with Gasteiger partial charge >= 0.3 is 6.18 Å². The lowest BCUT2D eigenvalue weighted by atomic mass is 10.2. The topological polar surface area (TPSA) is 36.3 Å². The molecule has 19 heavy (non-hydrogen) atoms. The number of alkyl halides is 3. The summed E-state index contributed by atoms with van der Waals surface area (Å²) >= 11 is 0. The third kappa shape index (κ3) is 6.67.